The number of rotatable bonds is 5. The Morgan fingerprint density at radius 2 is 1.76 bits per heavy atom. The minimum absolute atomic E-state index is 0.134. The number of carbonyl (C=O) groups excluding carboxylic acids is 2. The predicted octanol–water partition coefficient (Wildman–Crippen LogP) is 4.47. The molecule has 1 saturated heterocycles. The van der Waals surface area contributed by atoms with E-state index in [2.05, 4.69) is 30.3 Å². The van der Waals surface area contributed by atoms with Crippen molar-refractivity contribution in [2.75, 3.05) is 24.5 Å². The summed E-state index contributed by atoms with van der Waals surface area (Å²) in [7, 11) is 0. The lowest BCUT2D eigenvalue weighted by molar-refractivity contribution is -0.118. The maximum Gasteiger partial charge on any atom is 0.253 e. The minimum Gasteiger partial charge on any atom is -0.339 e. The number of carbonyl (C=O) groups is 2. The van der Waals surface area contributed by atoms with Gasteiger partial charge in [0.05, 0.1) is 0 Å². The highest BCUT2D eigenvalue weighted by Gasteiger charge is 2.27. The summed E-state index contributed by atoms with van der Waals surface area (Å²) < 4.78 is 0. The molecule has 29 heavy (non-hydrogen) atoms. The highest BCUT2D eigenvalue weighted by molar-refractivity contribution is 5.98. The molecule has 0 atom stereocenters. The summed E-state index contributed by atoms with van der Waals surface area (Å²) >= 11 is 0. The van der Waals surface area contributed by atoms with E-state index < -0.39 is 0 Å². The number of piperidine rings is 1. The molecule has 0 aliphatic carbocycles. The van der Waals surface area contributed by atoms with Crippen molar-refractivity contribution in [3.63, 3.8) is 0 Å². The van der Waals surface area contributed by atoms with E-state index in [4.69, 9.17) is 0 Å². The number of hydrogen-bond donors (Lipinski definition) is 0. The summed E-state index contributed by atoms with van der Waals surface area (Å²) in [5.74, 6) is 0.989. The van der Waals surface area contributed by atoms with Gasteiger partial charge in [0.2, 0.25) is 5.91 Å². The van der Waals surface area contributed by atoms with Crippen molar-refractivity contribution in [1.29, 1.82) is 0 Å². The molecule has 2 amide bonds. The number of fused-ring (bicyclic) bond motifs is 1. The molecule has 2 aromatic carbocycles. The number of likely N-dealkylation sites (tertiary alicyclic amines) is 1. The van der Waals surface area contributed by atoms with Crippen LogP contribution in [0.4, 0.5) is 5.69 Å². The van der Waals surface area contributed by atoms with E-state index in [1.54, 1.807) is 0 Å². The molecule has 4 nitrogen and oxygen atoms in total. The summed E-state index contributed by atoms with van der Waals surface area (Å²) in [6.45, 7) is 4.31. The summed E-state index contributed by atoms with van der Waals surface area (Å²) in [4.78, 5) is 28.9. The molecule has 2 aliphatic rings. The predicted molar refractivity (Wildman–Crippen MR) is 116 cm³/mol. The van der Waals surface area contributed by atoms with Crippen molar-refractivity contribution >= 4 is 17.5 Å². The average molecular weight is 391 g/mol. The van der Waals surface area contributed by atoms with Crippen LogP contribution in [0.25, 0.3) is 0 Å². The van der Waals surface area contributed by atoms with Gasteiger partial charge < -0.3 is 9.80 Å². The topological polar surface area (TPSA) is 40.6 Å². The molecule has 0 aromatic heterocycles. The van der Waals surface area contributed by atoms with E-state index in [-0.39, 0.29) is 11.8 Å². The van der Waals surface area contributed by atoms with E-state index in [1.807, 2.05) is 34.9 Å². The van der Waals surface area contributed by atoms with Crippen molar-refractivity contribution in [3.8, 4) is 0 Å². The van der Waals surface area contributed by atoms with Crippen LogP contribution in [0.5, 0.6) is 0 Å². The van der Waals surface area contributed by atoms with Gasteiger partial charge in [-0.15, -0.1) is 0 Å². The standard InChI is InChI=1S/C25H30N2O2/c1-2-24(28)27-17-14-21-18-22(10-11-23(21)27)25(29)26-15-12-20(13-16-26)9-8-19-6-4-3-5-7-19/h3-7,10-11,18,20H,2,8-9,12-17H2,1H3. The van der Waals surface area contributed by atoms with Gasteiger partial charge in [-0.2, -0.15) is 0 Å². The van der Waals surface area contributed by atoms with E-state index in [1.165, 1.54) is 12.0 Å². The zero-order chi connectivity index (χ0) is 20.2. The molecule has 0 saturated carbocycles. The SMILES string of the molecule is CCC(=O)N1CCc2cc(C(=O)N3CCC(CCc4ccccc4)CC3)ccc21. The van der Waals surface area contributed by atoms with Gasteiger partial charge in [0.15, 0.2) is 0 Å². The summed E-state index contributed by atoms with van der Waals surface area (Å²) in [6.07, 6.45) is 5.84. The first-order valence-electron chi connectivity index (χ1n) is 10.9. The van der Waals surface area contributed by atoms with Crippen molar-refractivity contribution in [1.82, 2.24) is 4.90 Å². The molecular weight excluding hydrogens is 360 g/mol. The minimum atomic E-state index is 0.134. The Kier molecular flexibility index (Phi) is 5.98. The average Bonchev–Trinajstić information content (AvgIpc) is 3.21. The van der Waals surface area contributed by atoms with Crippen LogP contribution < -0.4 is 4.90 Å². The first-order chi connectivity index (χ1) is 14.2. The second-order valence-corrected chi connectivity index (χ2v) is 8.25. The Hall–Kier alpha value is -2.62. The smallest absolute Gasteiger partial charge is 0.253 e. The van der Waals surface area contributed by atoms with Gasteiger partial charge in [-0.3, -0.25) is 9.59 Å². The van der Waals surface area contributed by atoms with Crippen molar-refractivity contribution < 1.29 is 9.59 Å². The fourth-order valence-electron chi connectivity index (χ4n) is 4.61. The first kappa shape index (κ1) is 19.7. The number of nitrogens with zero attached hydrogens (tertiary/aromatic N) is 2. The van der Waals surface area contributed by atoms with Crippen LogP contribution >= 0.6 is 0 Å². The van der Waals surface area contributed by atoms with Gasteiger partial charge in [0.1, 0.15) is 0 Å². The Labute approximate surface area is 173 Å². The lowest BCUT2D eigenvalue weighted by Gasteiger charge is -2.32. The highest BCUT2D eigenvalue weighted by atomic mass is 16.2. The van der Waals surface area contributed by atoms with E-state index in [0.29, 0.717) is 12.3 Å². The van der Waals surface area contributed by atoms with Gasteiger partial charge in [0.25, 0.3) is 5.91 Å². The highest BCUT2D eigenvalue weighted by Crippen LogP contribution is 2.30. The number of amides is 2. The normalized spacial score (nSPS) is 16.7. The quantitative estimate of drug-likeness (QED) is 0.756. The number of anilines is 1. The van der Waals surface area contributed by atoms with Gasteiger partial charge >= 0.3 is 0 Å². The zero-order valence-electron chi connectivity index (χ0n) is 17.3. The maximum atomic E-state index is 13.0. The molecule has 2 aromatic rings. The largest absolute Gasteiger partial charge is 0.339 e. The Morgan fingerprint density at radius 3 is 2.48 bits per heavy atom. The third-order valence-corrected chi connectivity index (χ3v) is 6.41. The Balaban J connectivity index is 1.32. The third-order valence-electron chi connectivity index (χ3n) is 6.41. The molecule has 0 spiro atoms. The van der Waals surface area contributed by atoms with Crippen LogP contribution in [0.1, 0.15) is 54.1 Å². The number of aryl methyl sites for hydroxylation is 1. The third kappa shape index (κ3) is 4.36. The lowest BCUT2D eigenvalue weighted by atomic mass is 9.90. The fourth-order valence-corrected chi connectivity index (χ4v) is 4.61. The molecule has 0 bridgehead atoms. The van der Waals surface area contributed by atoms with Crippen LogP contribution in [-0.4, -0.2) is 36.3 Å². The Morgan fingerprint density at radius 1 is 1.00 bits per heavy atom. The molecule has 2 aliphatic heterocycles. The van der Waals surface area contributed by atoms with E-state index in [0.717, 1.165) is 62.1 Å². The lowest BCUT2D eigenvalue weighted by Crippen LogP contribution is -2.38. The first-order valence-corrected chi connectivity index (χ1v) is 10.9. The number of hydrogen-bond acceptors (Lipinski definition) is 2. The Bertz CT molecular complexity index is 870. The van der Waals surface area contributed by atoms with Crippen LogP contribution in [0.3, 0.4) is 0 Å². The maximum absolute atomic E-state index is 13.0. The van der Waals surface area contributed by atoms with Crippen LogP contribution in [-0.2, 0) is 17.6 Å². The van der Waals surface area contributed by atoms with E-state index >= 15 is 0 Å². The van der Waals surface area contributed by atoms with Crippen molar-refractivity contribution in [3.05, 3.63) is 65.2 Å². The van der Waals surface area contributed by atoms with Crippen molar-refractivity contribution in [2.45, 2.75) is 45.4 Å². The fraction of sp³-hybridized carbons (Fsp3) is 0.440. The zero-order valence-corrected chi connectivity index (χ0v) is 17.3. The number of benzene rings is 2. The molecule has 0 N–H and O–H groups in total. The summed E-state index contributed by atoms with van der Waals surface area (Å²) in [5, 5.41) is 0. The molecular formula is C25H30N2O2. The molecule has 152 valence electrons. The molecule has 0 radical (unpaired) electrons. The summed E-state index contributed by atoms with van der Waals surface area (Å²) in [5.41, 5.74) is 4.26. The van der Waals surface area contributed by atoms with Gasteiger partial charge in [-0.25, -0.2) is 0 Å². The van der Waals surface area contributed by atoms with Crippen LogP contribution in [0, 0.1) is 5.92 Å². The second kappa shape index (κ2) is 8.81. The van der Waals surface area contributed by atoms with Gasteiger partial charge in [-0.1, -0.05) is 37.3 Å². The molecule has 0 unspecified atom stereocenters. The molecule has 4 rings (SSSR count). The molecule has 4 heteroatoms. The molecule has 1 fully saturated rings. The van der Waals surface area contributed by atoms with Crippen LogP contribution in [0.15, 0.2) is 48.5 Å². The van der Waals surface area contributed by atoms with Crippen molar-refractivity contribution in [2.24, 2.45) is 5.92 Å². The van der Waals surface area contributed by atoms with Crippen LogP contribution in [0.2, 0.25) is 0 Å². The second-order valence-electron chi connectivity index (χ2n) is 8.25. The molecule has 2 heterocycles. The van der Waals surface area contributed by atoms with Gasteiger partial charge in [0, 0.05) is 37.3 Å². The van der Waals surface area contributed by atoms with E-state index in [9.17, 15) is 9.59 Å². The summed E-state index contributed by atoms with van der Waals surface area (Å²) in [6, 6.07) is 16.5. The monoisotopic (exact) mass is 390 g/mol. The van der Waals surface area contributed by atoms with Gasteiger partial charge in [-0.05, 0) is 67.3 Å².